The van der Waals surface area contributed by atoms with Gasteiger partial charge in [0.1, 0.15) is 0 Å². The molecule has 84 valence electrons. The minimum absolute atomic E-state index is 0.595. The van der Waals surface area contributed by atoms with Gasteiger partial charge in [-0.15, -0.1) is 0 Å². The molecule has 15 heavy (non-hydrogen) atoms. The molecule has 0 aromatic rings. The van der Waals surface area contributed by atoms with Crippen molar-refractivity contribution in [1.29, 1.82) is 5.41 Å². The number of carbonyl (C=O) groups excluding carboxylic acids is 3. The smallest absolute Gasteiger partial charge is 0.358 e. The molecule has 0 aromatic heterocycles. The second-order valence-corrected chi connectivity index (χ2v) is 3.15. The third-order valence-corrected chi connectivity index (χ3v) is 1.73. The number of nitrogens with one attached hydrogen (secondary N) is 1. The fourth-order valence-corrected chi connectivity index (χ4v) is 0.982. The summed E-state index contributed by atoms with van der Waals surface area (Å²) >= 11 is -1.78. The molecule has 0 aliphatic heterocycles. The van der Waals surface area contributed by atoms with Crippen molar-refractivity contribution in [2.24, 2.45) is 0 Å². The molecule has 1 atom stereocenters. The van der Waals surface area contributed by atoms with Crippen molar-refractivity contribution >= 4 is 34.1 Å². The highest BCUT2D eigenvalue weighted by Gasteiger charge is 2.10. The van der Waals surface area contributed by atoms with E-state index in [0.717, 1.165) is 13.8 Å². The average molecular weight is 235 g/mol. The Kier molecular flexibility index (Phi) is 6.00. The summed E-state index contributed by atoms with van der Waals surface area (Å²) in [5.74, 6) is -2.27. The van der Waals surface area contributed by atoms with Crippen molar-refractivity contribution in [2.45, 2.75) is 13.8 Å². The quantitative estimate of drug-likeness (QED) is 0.425. The predicted octanol–water partition coefficient (Wildman–Crippen LogP) is 0.239. The maximum absolute atomic E-state index is 10.9. The summed E-state index contributed by atoms with van der Waals surface area (Å²) in [7, 11) is 0. The number of rotatable bonds is 4. The monoisotopic (exact) mass is 235 g/mol. The molecule has 1 unspecified atom stereocenters. The molecule has 0 bridgehead atoms. The zero-order chi connectivity index (χ0) is 11.8. The van der Waals surface area contributed by atoms with E-state index in [4.69, 9.17) is 5.41 Å². The van der Waals surface area contributed by atoms with Crippen LogP contribution in [0.4, 0.5) is 0 Å². The Labute approximate surface area is 88.2 Å². The number of ether oxygens (including phenoxy) is 1. The lowest BCUT2D eigenvalue weighted by Crippen LogP contribution is -2.13. The van der Waals surface area contributed by atoms with Crippen LogP contribution in [0.5, 0.6) is 0 Å². The highest BCUT2D eigenvalue weighted by atomic mass is 32.2. The lowest BCUT2D eigenvalue weighted by Gasteiger charge is -2.04. The zero-order valence-electron chi connectivity index (χ0n) is 8.06. The molecule has 0 heterocycles. The van der Waals surface area contributed by atoms with Crippen molar-refractivity contribution < 1.29 is 27.5 Å². The second kappa shape index (κ2) is 6.74. The van der Waals surface area contributed by atoms with E-state index >= 15 is 0 Å². The van der Waals surface area contributed by atoms with E-state index in [2.05, 4.69) is 13.1 Å². The van der Waals surface area contributed by atoms with Crippen LogP contribution in [-0.2, 0) is 27.5 Å². The molecule has 0 saturated carbocycles. The molecule has 0 aliphatic carbocycles. The maximum Gasteiger partial charge on any atom is 0.358 e. The van der Waals surface area contributed by atoms with E-state index in [0.29, 0.717) is 0 Å². The fraction of sp³-hybridized carbons (Fsp3) is 0.429. The minimum Gasteiger partial charge on any atom is -0.454 e. The summed E-state index contributed by atoms with van der Waals surface area (Å²) in [6.07, 6.45) is 0. The molecular weight excluding hydrogens is 226 g/mol. The molecule has 0 radical (unpaired) electrons. The number of hydrogen-bond acceptors (Lipinski definition) is 7. The Morgan fingerprint density at radius 2 is 1.80 bits per heavy atom. The first-order valence-electron chi connectivity index (χ1n) is 3.65. The molecule has 0 aromatic carbocycles. The molecule has 1 N–H and O–H groups in total. The molecule has 0 saturated heterocycles. The molecule has 0 amide bonds. The minimum atomic E-state index is -1.78. The largest absolute Gasteiger partial charge is 0.454 e. The van der Waals surface area contributed by atoms with Crippen molar-refractivity contribution in [1.82, 2.24) is 0 Å². The van der Waals surface area contributed by atoms with Gasteiger partial charge in [0, 0.05) is 13.8 Å². The fourth-order valence-electron chi connectivity index (χ4n) is 0.434. The predicted molar refractivity (Wildman–Crippen MR) is 49.8 cm³/mol. The first-order valence-corrected chi connectivity index (χ1v) is 4.73. The van der Waals surface area contributed by atoms with Gasteiger partial charge >= 0.3 is 17.9 Å². The van der Waals surface area contributed by atoms with Gasteiger partial charge in [0.05, 0.1) is 5.16 Å². The van der Waals surface area contributed by atoms with Gasteiger partial charge in [-0.05, 0) is 0 Å². The van der Waals surface area contributed by atoms with Crippen LogP contribution >= 0.6 is 11.0 Å². The maximum atomic E-state index is 10.9. The van der Waals surface area contributed by atoms with Crippen molar-refractivity contribution in [3.63, 3.8) is 0 Å². The summed E-state index contributed by atoms with van der Waals surface area (Å²) in [6.45, 7) is 1.63. The third-order valence-electron chi connectivity index (χ3n) is 0.838. The Morgan fingerprint density at radius 3 is 2.20 bits per heavy atom. The Bertz CT molecular complexity index is 332. The van der Waals surface area contributed by atoms with Gasteiger partial charge < -0.3 is 13.1 Å². The van der Waals surface area contributed by atoms with E-state index < -0.39 is 35.6 Å². The molecule has 0 aliphatic rings. The number of hydrogen-bond donors (Lipinski definition) is 1. The van der Waals surface area contributed by atoms with Gasteiger partial charge in [-0.3, -0.25) is 9.59 Å². The number of isothiocyanates is 1. The van der Waals surface area contributed by atoms with Crippen molar-refractivity contribution in [2.75, 3.05) is 6.61 Å². The van der Waals surface area contributed by atoms with Gasteiger partial charge in [0.25, 0.3) is 11.0 Å². The highest BCUT2D eigenvalue weighted by Crippen LogP contribution is 2.14. The van der Waals surface area contributed by atoms with Crippen LogP contribution in [0, 0.1) is 5.41 Å². The molecule has 0 rings (SSSR count). The van der Waals surface area contributed by atoms with Crippen LogP contribution in [-0.4, -0.2) is 29.7 Å². The molecule has 7 nitrogen and oxygen atoms in total. The molecular formula is C7H9NO6S. The Balaban J connectivity index is 4.09. The van der Waals surface area contributed by atoms with Gasteiger partial charge in [0.15, 0.2) is 6.61 Å². The molecule has 0 spiro atoms. The summed E-state index contributed by atoms with van der Waals surface area (Å²) in [6, 6.07) is 0. The van der Waals surface area contributed by atoms with Gasteiger partial charge in [-0.25, -0.2) is 10.2 Å². The van der Waals surface area contributed by atoms with Gasteiger partial charge in [0.2, 0.25) is 0 Å². The number of esters is 1. The SMILES string of the molecule is CC(=O)OCC(=O)OS(=C=N)OC(C)=O. The summed E-state index contributed by atoms with van der Waals surface area (Å²) in [5, 5.41) is 8.37. The first kappa shape index (κ1) is 13.3. The van der Waals surface area contributed by atoms with E-state index in [1.165, 1.54) is 0 Å². The number of carbonyl (C=O) groups is 3. The van der Waals surface area contributed by atoms with Crippen LogP contribution in [0.3, 0.4) is 0 Å². The second-order valence-electron chi connectivity index (χ2n) is 2.15. The molecule has 0 fully saturated rings. The normalized spacial score (nSPS) is 10.8. The Hall–Kier alpha value is -1.66. The van der Waals surface area contributed by atoms with Crippen molar-refractivity contribution in [3.05, 3.63) is 0 Å². The first-order chi connectivity index (χ1) is 6.95. The highest BCUT2D eigenvalue weighted by molar-refractivity contribution is 8.06. The standard InChI is InChI=1S/C7H9NO6S/c1-5(9)12-3-7(11)14-15(4-8)13-6(2)10/h8H,3H2,1-2H3. The zero-order valence-corrected chi connectivity index (χ0v) is 8.88. The van der Waals surface area contributed by atoms with E-state index in [1.54, 1.807) is 5.16 Å². The van der Waals surface area contributed by atoms with Crippen LogP contribution in [0.25, 0.3) is 0 Å². The average Bonchev–Trinajstić information content (AvgIpc) is 2.13. The van der Waals surface area contributed by atoms with Crippen LogP contribution in [0.1, 0.15) is 13.8 Å². The summed E-state index contributed by atoms with van der Waals surface area (Å²) in [4.78, 5) is 31.7. The Morgan fingerprint density at radius 1 is 1.20 bits per heavy atom. The van der Waals surface area contributed by atoms with Crippen LogP contribution in [0.15, 0.2) is 0 Å². The van der Waals surface area contributed by atoms with E-state index in [1.807, 2.05) is 0 Å². The molecule has 8 heteroatoms. The third kappa shape index (κ3) is 7.41. The lowest BCUT2D eigenvalue weighted by molar-refractivity contribution is -0.151. The van der Waals surface area contributed by atoms with E-state index in [9.17, 15) is 14.4 Å². The van der Waals surface area contributed by atoms with Crippen molar-refractivity contribution in [3.8, 4) is 0 Å². The van der Waals surface area contributed by atoms with Crippen LogP contribution in [0.2, 0.25) is 0 Å². The topological polar surface area (TPSA) is 103 Å². The van der Waals surface area contributed by atoms with Gasteiger partial charge in [-0.2, -0.15) is 0 Å². The van der Waals surface area contributed by atoms with E-state index in [-0.39, 0.29) is 0 Å². The van der Waals surface area contributed by atoms with Crippen LogP contribution < -0.4 is 0 Å². The van der Waals surface area contributed by atoms with Gasteiger partial charge in [-0.1, -0.05) is 0 Å². The summed E-state index contributed by atoms with van der Waals surface area (Å²) in [5.41, 5.74) is 0. The lowest BCUT2D eigenvalue weighted by atomic mass is 10.7. The summed E-state index contributed by atoms with van der Waals surface area (Å²) < 4.78 is 13.1.